The van der Waals surface area contributed by atoms with Gasteiger partial charge < -0.3 is 9.47 Å². The summed E-state index contributed by atoms with van der Waals surface area (Å²) in [6.07, 6.45) is 25.8. The fourth-order valence-corrected chi connectivity index (χ4v) is 6.01. The van der Waals surface area contributed by atoms with Crippen LogP contribution < -0.4 is 0 Å². The minimum atomic E-state index is -1.23. The van der Waals surface area contributed by atoms with Gasteiger partial charge in [-0.3, -0.25) is 19.8 Å². The average Bonchev–Trinajstić information content (AvgIpc) is 3.60. The molecule has 0 aromatic carbocycles. The Bertz CT molecular complexity index is 1300. The van der Waals surface area contributed by atoms with Gasteiger partial charge in [0, 0.05) is 61.9 Å². The summed E-state index contributed by atoms with van der Waals surface area (Å²) in [5.74, 6) is 3.74. The van der Waals surface area contributed by atoms with E-state index in [-0.39, 0.29) is 12.1 Å². The number of rotatable bonds is 10. The summed E-state index contributed by atoms with van der Waals surface area (Å²) >= 11 is 0. The van der Waals surface area contributed by atoms with E-state index in [1.807, 2.05) is 24.5 Å². The summed E-state index contributed by atoms with van der Waals surface area (Å²) in [4.78, 5) is 38.7. The summed E-state index contributed by atoms with van der Waals surface area (Å²) < 4.78 is 11.3. The first kappa shape index (κ1) is 31.0. The molecule has 2 fully saturated rings. The van der Waals surface area contributed by atoms with Crippen molar-refractivity contribution < 1.29 is 19.1 Å². The quantitative estimate of drug-likeness (QED) is 0.239. The molecule has 42 heavy (non-hydrogen) atoms. The van der Waals surface area contributed by atoms with Crippen LogP contribution in [0.3, 0.4) is 0 Å². The summed E-state index contributed by atoms with van der Waals surface area (Å²) in [6, 6.07) is 4.32. The zero-order valence-electron chi connectivity index (χ0n) is 25.0. The highest BCUT2D eigenvalue weighted by atomic mass is 16.6. The zero-order valence-corrected chi connectivity index (χ0v) is 25.0. The van der Waals surface area contributed by atoms with Crippen molar-refractivity contribution in [1.82, 2.24) is 19.8 Å². The molecule has 2 aliphatic heterocycles. The van der Waals surface area contributed by atoms with E-state index in [9.17, 15) is 9.59 Å². The molecule has 2 aromatic heterocycles. The predicted octanol–water partition coefficient (Wildman–Crippen LogP) is 4.22. The number of aromatic nitrogens is 2. The van der Waals surface area contributed by atoms with Gasteiger partial charge in [0.1, 0.15) is 0 Å². The zero-order chi connectivity index (χ0) is 30.3. The minimum Gasteiger partial charge on any atom is -0.443 e. The Kier molecular flexibility index (Phi) is 9.83. The van der Waals surface area contributed by atoms with Crippen LogP contribution in [-0.2, 0) is 31.9 Å². The molecule has 4 heterocycles. The molecule has 8 nitrogen and oxygen atoms in total. The number of nitrogens with zero attached hydrogens (tertiary/aromatic N) is 4. The third-order valence-electron chi connectivity index (χ3n) is 8.32. The number of esters is 2. The number of ether oxygens (including phenoxy) is 2. The molecule has 0 radical (unpaired) electrons. The molecule has 0 spiro atoms. The SMILES string of the molecule is C#CC(C)(Cc1ccncc1C1CCCN1C)OC(=O)/C=C/C(=O)OC(C)(C#C)Cc1ccncc1C1CCCN1C. The van der Waals surface area contributed by atoms with Crippen LogP contribution in [0.1, 0.15) is 73.9 Å². The first-order valence-electron chi connectivity index (χ1n) is 14.4. The van der Waals surface area contributed by atoms with Gasteiger partial charge in [0.2, 0.25) is 0 Å². The minimum absolute atomic E-state index is 0.244. The molecule has 2 saturated heterocycles. The van der Waals surface area contributed by atoms with Crippen molar-refractivity contribution in [3.63, 3.8) is 0 Å². The van der Waals surface area contributed by atoms with Crippen LogP contribution in [0.5, 0.6) is 0 Å². The van der Waals surface area contributed by atoms with Crippen LogP contribution in [0.4, 0.5) is 0 Å². The van der Waals surface area contributed by atoms with Gasteiger partial charge in [0.15, 0.2) is 11.2 Å². The molecule has 4 rings (SSSR count). The number of carbonyl (C=O) groups excluding carboxylic acids is 2. The molecule has 4 unspecified atom stereocenters. The Morgan fingerprint density at radius 1 is 0.857 bits per heavy atom. The van der Waals surface area contributed by atoms with E-state index in [2.05, 4.69) is 45.7 Å². The van der Waals surface area contributed by atoms with Gasteiger partial charge in [0.25, 0.3) is 0 Å². The van der Waals surface area contributed by atoms with E-state index in [1.54, 1.807) is 26.2 Å². The molecule has 2 aliphatic rings. The second-order valence-electron chi connectivity index (χ2n) is 11.7. The Labute approximate surface area is 249 Å². The largest absolute Gasteiger partial charge is 0.443 e. The highest BCUT2D eigenvalue weighted by Gasteiger charge is 2.33. The molecule has 2 aromatic rings. The van der Waals surface area contributed by atoms with E-state index < -0.39 is 23.1 Å². The Morgan fingerprint density at radius 3 is 1.60 bits per heavy atom. The standard InChI is InChI=1S/C34H40N4O4/c1-7-33(3,21-25-15-17-35-23-27(25)29-11-9-19-37(29)5)41-31(39)13-14-32(40)42-34(4,8-2)22-26-16-18-36-24-28(26)30-12-10-20-38(30)6/h1-2,13-18,23-24,29-30H,9-12,19-22H2,3-6H3/b14-13+. The molecular formula is C34H40N4O4. The lowest BCUT2D eigenvalue weighted by molar-refractivity contribution is -0.149. The normalized spacial score (nSPS) is 22.1. The molecule has 0 saturated carbocycles. The molecule has 0 bridgehead atoms. The van der Waals surface area contributed by atoms with Crippen LogP contribution in [0.15, 0.2) is 49.1 Å². The number of hydrogen-bond donors (Lipinski definition) is 0. The Hall–Kier alpha value is -3.98. The topological polar surface area (TPSA) is 84.9 Å². The van der Waals surface area contributed by atoms with Crippen molar-refractivity contribution in [3.8, 4) is 24.7 Å². The molecule has 8 heteroatoms. The fourth-order valence-electron chi connectivity index (χ4n) is 6.01. The molecule has 0 aliphatic carbocycles. The highest BCUT2D eigenvalue weighted by molar-refractivity contribution is 5.92. The molecular weight excluding hydrogens is 528 g/mol. The second kappa shape index (κ2) is 13.3. The lowest BCUT2D eigenvalue weighted by atomic mass is 9.91. The fraction of sp³-hybridized carbons (Fsp3) is 0.471. The monoisotopic (exact) mass is 568 g/mol. The first-order chi connectivity index (χ1) is 20.1. The lowest BCUT2D eigenvalue weighted by Crippen LogP contribution is -2.34. The maximum atomic E-state index is 12.8. The number of terminal acetylenes is 2. The summed E-state index contributed by atoms with van der Waals surface area (Å²) in [5, 5.41) is 0. The molecule has 4 atom stereocenters. The molecule has 0 N–H and O–H groups in total. The first-order valence-corrected chi connectivity index (χ1v) is 14.4. The van der Waals surface area contributed by atoms with Crippen LogP contribution in [0.25, 0.3) is 0 Å². The van der Waals surface area contributed by atoms with Crippen LogP contribution >= 0.6 is 0 Å². The number of carbonyl (C=O) groups is 2. The van der Waals surface area contributed by atoms with Crippen molar-refractivity contribution in [2.45, 2.75) is 75.7 Å². The Morgan fingerprint density at radius 2 is 1.26 bits per heavy atom. The third-order valence-corrected chi connectivity index (χ3v) is 8.32. The highest BCUT2D eigenvalue weighted by Crippen LogP contribution is 2.35. The van der Waals surface area contributed by atoms with Gasteiger partial charge in [-0.1, -0.05) is 11.8 Å². The van der Waals surface area contributed by atoms with E-state index in [1.165, 1.54) is 0 Å². The lowest BCUT2D eigenvalue weighted by Gasteiger charge is -2.28. The maximum absolute atomic E-state index is 12.8. The van der Waals surface area contributed by atoms with E-state index in [0.717, 1.165) is 73.2 Å². The third kappa shape index (κ3) is 7.45. The average molecular weight is 569 g/mol. The van der Waals surface area contributed by atoms with Gasteiger partial charge in [-0.25, -0.2) is 9.59 Å². The van der Waals surface area contributed by atoms with Crippen LogP contribution in [0, 0.1) is 24.7 Å². The van der Waals surface area contributed by atoms with Gasteiger partial charge >= 0.3 is 11.9 Å². The van der Waals surface area contributed by atoms with Crippen molar-refractivity contribution in [1.29, 1.82) is 0 Å². The van der Waals surface area contributed by atoms with Gasteiger partial charge in [0.05, 0.1) is 0 Å². The summed E-state index contributed by atoms with van der Waals surface area (Å²) in [5.41, 5.74) is 1.67. The Balaban J connectivity index is 1.39. The number of hydrogen-bond acceptors (Lipinski definition) is 8. The van der Waals surface area contributed by atoms with Crippen molar-refractivity contribution >= 4 is 11.9 Å². The predicted molar refractivity (Wildman–Crippen MR) is 161 cm³/mol. The number of likely N-dealkylation sites (tertiary alicyclic amines) is 2. The van der Waals surface area contributed by atoms with E-state index in [0.29, 0.717) is 12.8 Å². The van der Waals surface area contributed by atoms with E-state index >= 15 is 0 Å². The van der Waals surface area contributed by atoms with Gasteiger partial charge in [-0.2, -0.15) is 0 Å². The number of pyridine rings is 2. The summed E-state index contributed by atoms with van der Waals surface area (Å²) in [7, 11) is 4.18. The molecule has 0 amide bonds. The molecule has 220 valence electrons. The van der Waals surface area contributed by atoms with E-state index in [4.69, 9.17) is 22.3 Å². The maximum Gasteiger partial charge on any atom is 0.332 e. The van der Waals surface area contributed by atoms with Gasteiger partial charge in [-0.05, 0) is 101 Å². The van der Waals surface area contributed by atoms with Crippen LogP contribution in [0.2, 0.25) is 0 Å². The van der Waals surface area contributed by atoms with Crippen molar-refractivity contribution in [2.75, 3.05) is 27.2 Å². The smallest absolute Gasteiger partial charge is 0.332 e. The second-order valence-corrected chi connectivity index (χ2v) is 11.7. The van der Waals surface area contributed by atoms with Crippen LogP contribution in [-0.4, -0.2) is 70.1 Å². The van der Waals surface area contributed by atoms with Crippen molar-refractivity contribution in [2.24, 2.45) is 0 Å². The van der Waals surface area contributed by atoms with Crippen molar-refractivity contribution in [3.05, 3.63) is 71.3 Å². The summed E-state index contributed by atoms with van der Waals surface area (Å²) in [6.45, 7) is 5.40. The van der Waals surface area contributed by atoms with Gasteiger partial charge in [-0.15, -0.1) is 12.8 Å².